The van der Waals surface area contributed by atoms with Gasteiger partial charge in [0.1, 0.15) is 5.02 Å². The number of nitrogens with zero attached hydrogens (tertiary/aromatic N) is 4. The lowest BCUT2D eigenvalue weighted by Crippen LogP contribution is -2.26. The summed E-state index contributed by atoms with van der Waals surface area (Å²) >= 11 is 5.99. The average molecular weight is 261 g/mol. The van der Waals surface area contributed by atoms with Crippen molar-refractivity contribution in [1.82, 2.24) is 9.97 Å². The lowest BCUT2D eigenvalue weighted by atomic mass is 10.5. The molecular weight excluding hydrogens is 244 g/mol. The topological polar surface area (TPSA) is 72.7 Å². The van der Waals surface area contributed by atoms with Crippen LogP contribution in [0.4, 0.5) is 11.8 Å². The van der Waals surface area contributed by atoms with E-state index in [0.717, 1.165) is 0 Å². The third-order valence-electron chi connectivity index (χ3n) is 2.29. The van der Waals surface area contributed by atoms with Gasteiger partial charge in [0.2, 0.25) is 5.95 Å². The Hall–Kier alpha value is -1.11. The van der Waals surface area contributed by atoms with Crippen LogP contribution in [0.5, 0.6) is 0 Å². The van der Waals surface area contributed by atoms with Gasteiger partial charge in [0, 0.05) is 27.2 Å². The molecular formula is C10H17ClN4O2. The van der Waals surface area contributed by atoms with Gasteiger partial charge in [-0.25, -0.2) is 4.98 Å². The van der Waals surface area contributed by atoms with Crippen molar-refractivity contribution < 1.29 is 10.2 Å². The Labute approximate surface area is 105 Å². The summed E-state index contributed by atoms with van der Waals surface area (Å²) in [7, 11) is 3.58. The lowest BCUT2D eigenvalue weighted by molar-refractivity contribution is 0.303. The predicted molar refractivity (Wildman–Crippen MR) is 67.8 cm³/mol. The summed E-state index contributed by atoms with van der Waals surface area (Å²) in [6.45, 7) is 0.952. The number of aliphatic hydroxyl groups excluding tert-OH is 2. The van der Waals surface area contributed by atoms with Gasteiger partial charge in [-0.3, -0.25) is 0 Å². The fourth-order valence-electron chi connectivity index (χ4n) is 1.31. The summed E-state index contributed by atoms with van der Waals surface area (Å²) in [5.74, 6) is 1.05. The summed E-state index contributed by atoms with van der Waals surface area (Å²) in [6.07, 6.45) is 1.51. The van der Waals surface area contributed by atoms with Crippen LogP contribution in [0.25, 0.3) is 0 Å². The molecule has 0 aliphatic carbocycles. The molecule has 1 aromatic rings. The van der Waals surface area contributed by atoms with Crippen LogP contribution in [-0.4, -0.2) is 60.6 Å². The molecule has 7 heteroatoms. The third-order valence-corrected chi connectivity index (χ3v) is 2.55. The Balaban J connectivity index is 2.93. The van der Waals surface area contributed by atoms with Crippen LogP contribution < -0.4 is 9.80 Å². The van der Waals surface area contributed by atoms with E-state index in [4.69, 9.17) is 21.8 Å². The zero-order valence-electron chi connectivity index (χ0n) is 9.97. The van der Waals surface area contributed by atoms with E-state index in [1.807, 2.05) is 0 Å². The molecule has 0 aromatic carbocycles. The fraction of sp³-hybridized carbons (Fsp3) is 0.600. The van der Waals surface area contributed by atoms with Gasteiger partial charge in [-0.15, -0.1) is 0 Å². The van der Waals surface area contributed by atoms with E-state index in [1.165, 1.54) is 6.20 Å². The number of rotatable bonds is 6. The van der Waals surface area contributed by atoms with Crippen LogP contribution in [0.1, 0.15) is 0 Å². The minimum atomic E-state index is 0.0264. The van der Waals surface area contributed by atoms with Gasteiger partial charge >= 0.3 is 0 Å². The quantitative estimate of drug-likeness (QED) is 0.749. The molecule has 0 bridgehead atoms. The summed E-state index contributed by atoms with van der Waals surface area (Å²) in [5, 5.41) is 18.2. The van der Waals surface area contributed by atoms with Crippen molar-refractivity contribution >= 4 is 23.4 Å². The van der Waals surface area contributed by atoms with Crippen molar-refractivity contribution in [3.05, 3.63) is 11.2 Å². The molecule has 1 aromatic heterocycles. The van der Waals surface area contributed by atoms with Gasteiger partial charge in [-0.2, -0.15) is 4.98 Å². The molecule has 0 spiro atoms. The molecule has 0 saturated heterocycles. The van der Waals surface area contributed by atoms with Crippen molar-refractivity contribution in [2.24, 2.45) is 0 Å². The summed E-state index contributed by atoms with van der Waals surface area (Å²) in [4.78, 5) is 11.9. The van der Waals surface area contributed by atoms with Gasteiger partial charge < -0.3 is 20.0 Å². The Morgan fingerprint density at radius 2 is 1.76 bits per heavy atom. The maximum atomic E-state index is 8.88. The van der Waals surface area contributed by atoms with E-state index in [1.54, 1.807) is 23.9 Å². The van der Waals surface area contributed by atoms with Crippen LogP contribution in [0.15, 0.2) is 6.20 Å². The molecule has 0 unspecified atom stereocenters. The molecule has 1 heterocycles. The monoisotopic (exact) mass is 260 g/mol. The molecule has 2 N–H and O–H groups in total. The largest absolute Gasteiger partial charge is 0.395 e. The Bertz CT molecular complexity index is 364. The molecule has 0 aliphatic heterocycles. The van der Waals surface area contributed by atoms with E-state index in [-0.39, 0.29) is 13.2 Å². The molecule has 17 heavy (non-hydrogen) atoms. The number of hydrogen-bond donors (Lipinski definition) is 2. The van der Waals surface area contributed by atoms with E-state index in [9.17, 15) is 0 Å². The van der Waals surface area contributed by atoms with Crippen LogP contribution in [0, 0.1) is 0 Å². The number of aromatic nitrogens is 2. The third kappa shape index (κ3) is 3.69. The number of halogens is 1. The van der Waals surface area contributed by atoms with E-state index in [0.29, 0.717) is 29.9 Å². The summed E-state index contributed by atoms with van der Waals surface area (Å²) in [6, 6.07) is 0. The molecule has 0 fully saturated rings. The van der Waals surface area contributed by atoms with Crippen molar-refractivity contribution in [3.63, 3.8) is 0 Å². The highest BCUT2D eigenvalue weighted by Crippen LogP contribution is 2.23. The van der Waals surface area contributed by atoms with Gasteiger partial charge in [0.25, 0.3) is 0 Å². The minimum absolute atomic E-state index is 0.0264. The maximum Gasteiger partial charge on any atom is 0.227 e. The fourth-order valence-corrected chi connectivity index (χ4v) is 1.54. The Kier molecular flexibility index (Phi) is 5.40. The van der Waals surface area contributed by atoms with Crippen LogP contribution in [-0.2, 0) is 0 Å². The van der Waals surface area contributed by atoms with Crippen molar-refractivity contribution in [3.8, 4) is 0 Å². The summed E-state index contributed by atoms with van der Waals surface area (Å²) in [5.41, 5.74) is 0. The molecule has 0 atom stereocenters. The molecule has 0 amide bonds. The first-order chi connectivity index (χ1) is 8.10. The SMILES string of the molecule is CN(CCO)c1ncc(Cl)c(N(C)CCO)n1. The number of anilines is 2. The van der Waals surface area contributed by atoms with Crippen molar-refractivity contribution in [2.75, 3.05) is 50.2 Å². The highest BCUT2D eigenvalue weighted by atomic mass is 35.5. The first-order valence-corrected chi connectivity index (χ1v) is 5.64. The molecule has 0 radical (unpaired) electrons. The maximum absolute atomic E-state index is 8.88. The Morgan fingerprint density at radius 3 is 2.35 bits per heavy atom. The molecule has 6 nitrogen and oxygen atoms in total. The number of aliphatic hydroxyl groups is 2. The van der Waals surface area contributed by atoms with Gasteiger partial charge in [-0.1, -0.05) is 11.6 Å². The first kappa shape index (κ1) is 14.0. The van der Waals surface area contributed by atoms with Gasteiger partial charge in [0.05, 0.1) is 19.4 Å². The second kappa shape index (κ2) is 6.58. The lowest BCUT2D eigenvalue weighted by Gasteiger charge is -2.21. The molecule has 0 aliphatic rings. The normalized spacial score (nSPS) is 10.4. The second-order valence-corrected chi connectivity index (χ2v) is 4.04. The van der Waals surface area contributed by atoms with E-state index >= 15 is 0 Å². The zero-order valence-corrected chi connectivity index (χ0v) is 10.7. The number of likely N-dealkylation sites (N-methyl/N-ethyl adjacent to an activating group) is 2. The van der Waals surface area contributed by atoms with Crippen LogP contribution in [0.3, 0.4) is 0 Å². The predicted octanol–water partition coefficient (Wildman–Crippen LogP) is -0.0130. The average Bonchev–Trinajstić information content (AvgIpc) is 2.30. The minimum Gasteiger partial charge on any atom is -0.395 e. The molecule has 1 rings (SSSR count). The highest BCUT2D eigenvalue weighted by Gasteiger charge is 2.12. The van der Waals surface area contributed by atoms with Gasteiger partial charge in [-0.05, 0) is 0 Å². The highest BCUT2D eigenvalue weighted by molar-refractivity contribution is 6.32. The standard InChI is InChI=1S/C10H17ClN4O2/c1-14(3-5-16)9-8(11)7-12-10(13-9)15(2)4-6-17/h7,16-17H,3-6H2,1-2H3. The first-order valence-electron chi connectivity index (χ1n) is 5.26. The van der Waals surface area contributed by atoms with Gasteiger partial charge in [0.15, 0.2) is 5.82 Å². The van der Waals surface area contributed by atoms with Crippen LogP contribution >= 0.6 is 11.6 Å². The zero-order chi connectivity index (χ0) is 12.8. The van der Waals surface area contributed by atoms with Crippen molar-refractivity contribution in [2.45, 2.75) is 0 Å². The Morgan fingerprint density at radius 1 is 1.18 bits per heavy atom. The van der Waals surface area contributed by atoms with E-state index < -0.39 is 0 Å². The molecule has 0 saturated carbocycles. The van der Waals surface area contributed by atoms with E-state index in [2.05, 4.69) is 9.97 Å². The molecule has 96 valence electrons. The summed E-state index contributed by atoms with van der Waals surface area (Å²) < 4.78 is 0. The smallest absolute Gasteiger partial charge is 0.227 e. The number of hydrogen-bond acceptors (Lipinski definition) is 6. The van der Waals surface area contributed by atoms with Crippen LogP contribution in [0.2, 0.25) is 5.02 Å². The second-order valence-electron chi connectivity index (χ2n) is 3.63. The van der Waals surface area contributed by atoms with Crippen molar-refractivity contribution in [1.29, 1.82) is 0 Å².